The van der Waals surface area contributed by atoms with Gasteiger partial charge >= 0.3 is 0 Å². The number of benzene rings is 2. The van der Waals surface area contributed by atoms with E-state index in [2.05, 4.69) is 15.9 Å². The smallest absolute Gasteiger partial charge is 0.142 e. The summed E-state index contributed by atoms with van der Waals surface area (Å²) in [6, 6.07) is 12.3. The second-order valence-corrected chi connectivity index (χ2v) is 5.76. The van der Waals surface area contributed by atoms with Crippen LogP contribution in [0.25, 0.3) is 11.0 Å². The Bertz CT molecular complexity index is 797. The topological polar surface area (TPSA) is 39.2 Å². The van der Waals surface area contributed by atoms with E-state index in [4.69, 9.17) is 10.2 Å². The van der Waals surface area contributed by atoms with Crippen molar-refractivity contribution in [2.24, 2.45) is 5.73 Å². The maximum absolute atomic E-state index is 14.3. The molecule has 3 rings (SSSR count). The first-order chi connectivity index (χ1) is 10.1. The zero-order valence-corrected chi connectivity index (χ0v) is 13.2. The Balaban J connectivity index is 2.21. The van der Waals surface area contributed by atoms with E-state index in [1.54, 1.807) is 18.2 Å². The maximum atomic E-state index is 14.3. The van der Waals surface area contributed by atoms with Gasteiger partial charge in [0.25, 0.3) is 0 Å². The van der Waals surface area contributed by atoms with Crippen LogP contribution in [0.4, 0.5) is 4.39 Å². The van der Waals surface area contributed by atoms with E-state index in [0.717, 1.165) is 22.3 Å². The molecule has 2 nitrogen and oxygen atoms in total. The van der Waals surface area contributed by atoms with Crippen LogP contribution < -0.4 is 5.73 Å². The number of hydrogen-bond donors (Lipinski definition) is 1. The lowest BCUT2D eigenvalue weighted by Crippen LogP contribution is -2.15. The normalized spacial score (nSPS) is 12.8. The van der Waals surface area contributed by atoms with Crippen molar-refractivity contribution in [1.82, 2.24) is 0 Å². The van der Waals surface area contributed by atoms with Crippen molar-refractivity contribution in [1.29, 1.82) is 0 Å². The summed E-state index contributed by atoms with van der Waals surface area (Å²) in [6.07, 6.45) is 0.716. The minimum atomic E-state index is -0.555. The number of furan rings is 1. The first-order valence-corrected chi connectivity index (χ1v) is 7.62. The molecule has 21 heavy (non-hydrogen) atoms. The number of halogens is 2. The van der Waals surface area contributed by atoms with Crippen LogP contribution in [0, 0.1) is 5.82 Å². The van der Waals surface area contributed by atoms with Gasteiger partial charge in [-0.2, -0.15) is 0 Å². The lowest BCUT2D eigenvalue weighted by atomic mass is 9.95. The minimum absolute atomic E-state index is 0.322. The van der Waals surface area contributed by atoms with Crippen molar-refractivity contribution in [2.75, 3.05) is 0 Å². The predicted octanol–water partition coefficient (Wildman–Crippen LogP) is 4.94. The van der Waals surface area contributed by atoms with Crippen LogP contribution in [0.2, 0.25) is 0 Å². The number of hydrogen-bond acceptors (Lipinski definition) is 2. The molecule has 0 aliphatic carbocycles. The van der Waals surface area contributed by atoms with Crippen molar-refractivity contribution in [3.63, 3.8) is 0 Å². The summed E-state index contributed by atoms with van der Waals surface area (Å²) in [5.41, 5.74) is 8.47. The van der Waals surface area contributed by atoms with Gasteiger partial charge in [0, 0.05) is 22.9 Å². The largest absolute Gasteiger partial charge is 0.461 e. The molecule has 1 aromatic heterocycles. The minimum Gasteiger partial charge on any atom is -0.461 e. The van der Waals surface area contributed by atoms with E-state index in [0.29, 0.717) is 16.5 Å². The van der Waals surface area contributed by atoms with Crippen LogP contribution in [0.3, 0.4) is 0 Å². The summed E-state index contributed by atoms with van der Waals surface area (Å²) >= 11 is 3.21. The number of aryl methyl sites for hydroxylation is 1. The maximum Gasteiger partial charge on any atom is 0.142 e. The molecular formula is C17H15BrFNO. The fourth-order valence-electron chi connectivity index (χ4n) is 2.64. The quantitative estimate of drug-likeness (QED) is 0.728. The van der Waals surface area contributed by atoms with E-state index >= 15 is 0 Å². The Morgan fingerprint density at radius 3 is 2.71 bits per heavy atom. The molecule has 4 heteroatoms. The lowest BCUT2D eigenvalue weighted by molar-refractivity contribution is 0.542. The van der Waals surface area contributed by atoms with Gasteiger partial charge in [-0.25, -0.2) is 4.39 Å². The van der Waals surface area contributed by atoms with Gasteiger partial charge < -0.3 is 10.2 Å². The molecule has 2 aromatic carbocycles. The molecule has 0 bridgehead atoms. The number of rotatable bonds is 3. The summed E-state index contributed by atoms with van der Waals surface area (Å²) in [6.45, 7) is 2.01. The lowest BCUT2D eigenvalue weighted by Gasteiger charge is -2.14. The Hall–Kier alpha value is -1.65. The highest BCUT2D eigenvalue weighted by atomic mass is 79.9. The molecule has 0 saturated heterocycles. The molecule has 0 radical (unpaired) electrons. The third-order valence-corrected chi connectivity index (χ3v) is 4.27. The fourth-order valence-corrected chi connectivity index (χ4v) is 3.02. The van der Waals surface area contributed by atoms with Gasteiger partial charge in [-0.15, -0.1) is 0 Å². The highest BCUT2D eigenvalue weighted by molar-refractivity contribution is 9.10. The summed E-state index contributed by atoms with van der Waals surface area (Å²) in [5, 5.41) is 0.946. The van der Waals surface area contributed by atoms with Gasteiger partial charge in [-0.3, -0.25) is 0 Å². The van der Waals surface area contributed by atoms with Gasteiger partial charge in [-0.1, -0.05) is 37.3 Å². The van der Waals surface area contributed by atoms with Crippen LogP contribution in [-0.4, -0.2) is 0 Å². The molecule has 0 aliphatic heterocycles. The molecule has 0 fully saturated rings. The predicted molar refractivity (Wildman–Crippen MR) is 85.7 cm³/mol. The van der Waals surface area contributed by atoms with Gasteiger partial charge in [0.15, 0.2) is 0 Å². The van der Waals surface area contributed by atoms with Crippen molar-refractivity contribution in [3.05, 3.63) is 69.6 Å². The second kappa shape index (κ2) is 5.62. The Morgan fingerprint density at radius 1 is 1.19 bits per heavy atom. The highest BCUT2D eigenvalue weighted by Gasteiger charge is 2.23. The molecule has 1 unspecified atom stereocenters. The monoisotopic (exact) mass is 347 g/mol. The fraction of sp³-hybridized carbons (Fsp3) is 0.176. The molecule has 0 amide bonds. The highest BCUT2D eigenvalue weighted by Crippen LogP contribution is 2.35. The van der Waals surface area contributed by atoms with Crippen molar-refractivity contribution in [2.45, 2.75) is 19.4 Å². The molecule has 0 saturated carbocycles. The molecular weight excluding hydrogens is 333 g/mol. The van der Waals surface area contributed by atoms with Gasteiger partial charge in [0.05, 0.1) is 10.5 Å². The van der Waals surface area contributed by atoms with Gasteiger partial charge in [0.2, 0.25) is 0 Å². The zero-order valence-electron chi connectivity index (χ0n) is 11.6. The van der Waals surface area contributed by atoms with Crippen LogP contribution in [0.5, 0.6) is 0 Å². The SMILES string of the molecule is CCc1oc2ccccc2c1C(N)c1cccc(Br)c1F. The zero-order chi connectivity index (χ0) is 15.0. The summed E-state index contributed by atoms with van der Waals surface area (Å²) in [7, 11) is 0. The van der Waals surface area contributed by atoms with Crippen molar-refractivity contribution < 1.29 is 8.81 Å². The van der Waals surface area contributed by atoms with Crippen LogP contribution in [0.1, 0.15) is 29.9 Å². The van der Waals surface area contributed by atoms with Gasteiger partial charge in [0.1, 0.15) is 17.2 Å². The van der Waals surface area contributed by atoms with Crippen molar-refractivity contribution >= 4 is 26.9 Å². The summed E-state index contributed by atoms with van der Waals surface area (Å²) in [4.78, 5) is 0. The molecule has 2 N–H and O–H groups in total. The average molecular weight is 348 g/mol. The molecule has 0 aliphatic rings. The van der Waals surface area contributed by atoms with E-state index in [9.17, 15) is 4.39 Å². The Kier molecular flexibility index (Phi) is 3.83. The van der Waals surface area contributed by atoms with Crippen LogP contribution in [-0.2, 0) is 6.42 Å². The van der Waals surface area contributed by atoms with E-state index in [-0.39, 0.29) is 5.82 Å². The second-order valence-electron chi connectivity index (χ2n) is 4.91. The first-order valence-electron chi connectivity index (χ1n) is 6.83. The van der Waals surface area contributed by atoms with Crippen LogP contribution in [0.15, 0.2) is 51.4 Å². The molecule has 1 heterocycles. The number of para-hydroxylation sites is 1. The third-order valence-electron chi connectivity index (χ3n) is 3.66. The molecule has 108 valence electrons. The first kappa shape index (κ1) is 14.3. The standard InChI is InChI=1S/C17H15BrFNO/c1-2-13-15(10-6-3-4-9-14(10)21-13)17(20)11-7-5-8-12(18)16(11)19/h3-9,17H,2,20H2,1H3. The van der Waals surface area contributed by atoms with Crippen molar-refractivity contribution in [3.8, 4) is 0 Å². The molecule has 1 atom stereocenters. The summed E-state index contributed by atoms with van der Waals surface area (Å²) < 4.78 is 20.6. The Morgan fingerprint density at radius 2 is 1.95 bits per heavy atom. The van der Waals surface area contributed by atoms with E-state index in [1.807, 2.05) is 31.2 Å². The van der Waals surface area contributed by atoms with Gasteiger partial charge in [-0.05, 0) is 28.1 Å². The number of nitrogens with two attached hydrogens (primary N) is 1. The summed E-state index contributed by atoms with van der Waals surface area (Å²) in [5.74, 6) is 0.486. The molecule has 0 spiro atoms. The third kappa shape index (κ3) is 2.39. The van der Waals surface area contributed by atoms with Crippen LogP contribution >= 0.6 is 15.9 Å². The Labute approximate surface area is 130 Å². The van der Waals surface area contributed by atoms with E-state index < -0.39 is 6.04 Å². The number of fused-ring (bicyclic) bond motifs is 1. The average Bonchev–Trinajstić information content (AvgIpc) is 2.88. The molecule has 3 aromatic rings. The van der Waals surface area contributed by atoms with E-state index in [1.165, 1.54) is 0 Å².